The van der Waals surface area contributed by atoms with Gasteiger partial charge in [-0.05, 0) is 122 Å². The molecule has 1 aliphatic rings. The first-order chi connectivity index (χ1) is 25.7. The van der Waals surface area contributed by atoms with Gasteiger partial charge in [-0.1, -0.05) is 163 Å². The summed E-state index contributed by atoms with van der Waals surface area (Å²) in [4.78, 5) is 0. The second-order valence-electron chi connectivity index (χ2n) is 20.8. The number of fused-ring (bicyclic) bond motifs is 3. The Bertz CT molecular complexity index is 2280. The fourth-order valence-corrected chi connectivity index (χ4v) is 8.60. The van der Waals surface area contributed by atoms with Crippen molar-refractivity contribution in [2.45, 2.75) is 149 Å². The quantitative estimate of drug-likeness (QED) is 0.173. The van der Waals surface area contributed by atoms with Crippen molar-refractivity contribution < 1.29 is 0 Å². The van der Waals surface area contributed by atoms with E-state index in [0.717, 1.165) is 13.0 Å². The van der Waals surface area contributed by atoms with Crippen molar-refractivity contribution in [3.63, 3.8) is 0 Å². The molecule has 1 aliphatic carbocycles. The Balaban J connectivity index is 1.65. The summed E-state index contributed by atoms with van der Waals surface area (Å²) in [5, 5.41) is 6.91. The standard InChI is InChI=1S/C53H66N2/c1-14-53(26-19-27-53)54-34-44-42(36-28-37(49(2,3)4)30-38(29-36)50(5,6)7)24-25-46-48(44)47-43(35-20-16-15-17-21-35)22-18-23-45(47)55(46)41-32-39(51(8,9)10)31-40(33-41)52(11,12)13/h15-18,20-25,28-33,54H,14,19,26-27,34H2,1-13H3. The van der Waals surface area contributed by atoms with Crippen molar-refractivity contribution in [2.24, 2.45) is 0 Å². The van der Waals surface area contributed by atoms with Crippen LogP contribution in [0.1, 0.15) is 144 Å². The van der Waals surface area contributed by atoms with Gasteiger partial charge in [0.25, 0.3) is 0 Å². The summed E-state index contributed by atoms with van der Waals surface area (Å²) in [6, 6.07) is 37.7. The molecule has 6 aromatic rings. The third-order valence-electron chi connectivity index (χ3n) is 12.7. The van der Waals surface area contributed by atoms with Gasteiger partial charge in [0.15, 0.2) is 0 Å². The number of hydrogen-bond donors (Lipinski definition) is 1. The Kier molecular flexibility index (Phi) is 9.82. The number of hydrogen-bond acceptors (Lipinski definition) is 1. The van der Waals surface area contributed by atoms with Crippen LogP contribution < -0.4 is 5.32 Å². The minimum Gasteiger partial charge on any atom is -0.309 e. The maximum absolute atomic E-state index is 4.21. The highest BCUT2D eigenvalue weighted by Crippen LogP contribution is 2.46. The van der Waals surface area contributed by atoms with Gasteiger partial charge in [-0.15, -0.1) is 0 Å². The Hall–Kier alpha value is -4.14. The van der Waals surface area contributed by atoms with Crippen LogP contribution >= 0.6 is 0 Å². The molecular formula is C53H66N2. The van der Waals surface area contributed by atoms with Gasteiger partial charge in [-0.2, -0.15) is 0 Å². The van der Waals surface area contributed by atoms with Crippen LogP contribution in [0.2, 0.25) is 0 Å². The molecule has 0 unspecified atom stereocenters. The summed E-state index contributed by atoms with van der Waals surface area (Å²) in [5.74, 6) is 0. The van der Waals surface area contributed by atoms with Gasteiger partial charge in [-0.25, -0.2) is 0 Å². The summed E-state index contributed by atoms with van der Waals surface area (Å²) < 4.78 is 2.58. The van der Waals surface area contributed by atoms with E-state index in [9.17, 15) is 0 Å². The lowest BCUT2D eigenvalue weighted by atomic mass is 9.74. The first-order valence-corrected chi connectivity index (χ1v) is 20.9. The van der Waals surface area contributed by atoms with Gasteiger partial charge >= 0.3 is 0 Å². The van der Waals surface area contributed by atoms with Crippen molar-refractivity contribution in [2.75, 3.05) is 0 Å². The number of benzene rings is 5. The third-order valence-corrected chi connectivity index (χ3v) is 12.7. The lowest BCUT2D eigenvalue weighted by molar-refractivity contribution is 0.176. The predicted molar refractivity (Wildman–Crippen MR) is 240 cm³/mol. The smallest absolute Gasteiger partial charge is 0.0547 e. The summed E-state index contributed by atoms with van der Waals surface area (Å²) >= 11 is 0. The van der Waals surface area contributed by atoms with E-state index in [1.165, 1.54) is 96.8 Å². The van der Waals surface area contributed by atoms with Crippen LogP contribution in [0, 0.1) is 0 Å². The summed E-state index contributed by atoms with van der Waals surface area (Å²) in [5.41, 5.74) is 16.1. The fraction of sp³-hybridized carbons (Fsp3) is 0.434. The number of nitrogens with one attached hydrogen (secondary N) is 1. The Morgan fingerprint density at radius 1 is 0.527 bits per heavy atom. The maximum Gasteiger partial charge on any atom is 0.0547 e. The molecule has 0 bridgehead atoms. The Morgan fingerprint density at radius 3 is 1.55 bits per heavy atom. The number of aromatic nitrogens is 1. The van der Waals surface area contributed by atoms with E-state index in [1.807, 2.05) is 0 Å². The molecule has 0 spiro atoms. The van der Waals surface area contributed by atoms with Crippen molar-refractivity contribution in [3.05, 3.63) is 125 Å². The first kappa shape index (κ1) is 39.1. The summed E-state index contributed by atoms with van der Waals surface area (Å²) in [6.45, 7) is 31.3. The van der Waals surface area contributed by atoms with E-state index in [-0.39, 0.29) is 27.2 Å². The van der Waals surface area contributed by atoms with Crippen LogP contribution in [0.3, 0.4) is 0 Å². The molecule has 7 rings (SSSR count). The monoisotopic (exact) mass is 731 g/mol. The average Bonchev–Trinajstić information content (AvgIpc) is 3.44. The van der Waals surface area contributed by atoms with Crippen LogP contribution in [-0.2, 0) is 28.2 Å². The van der Waals surface area contributed by atoms with E-state index in [1.54, 1.807) is 0 Å². The first-order valence-electron chi connectivity index (χ1n) is 20.9. The number of rotatable bonds is 7. The molecule has 1 heterocycles. The molecule has 1 N–H and O–H groups in total. The lowest BCUT2D eigenvalue weighted by Crippen LogP contribution is -2.49. The van der Waals surface area contributed by atoms with Gasteiger partial charge in [0.1, 0.15) is 0 Å². The van der Waals surface area contributed by atoms with Crippen molar-refractivity contribution in [1.29, 1.82) is 0 Å². The Labute approximate surface area is 332 Å². The van der Waals surface area contributed by atoms with Crippen LogP contribution in [0.15, 0.2) is 97.1 Å². The van der Waals surface area contributed by atoms with E-state index >= 15 is 0 Å². The highest BCUT2D eigenvalue weighted by atomic mass is 15.0. The zero-order valence-corrected chi connectivity index (χ0v) is 36.2. The van der Waals surface area contributed by atoms with E-state index in [0.29, 0.717) is 0 Å². The molecule has 0 aliphatic heterocycles. The summed E-state index contributed by atoms with van der Waals surface area (Å²) in [6.07, 6.45) is 4.94. The molecule has 1 fully saturated rings. The highest BCUT2D eigenvalue weighted by Gasteiger charge is 2.35. The summed E-state index contributed by atoms with van der Waals surface area (Å²) in [7, 11) is 0. The predicted octanol–water partition coefficient (Wildman–Crippen LogP) is 14.7. The van der Waals surface area contributed by atoms with Gasteiger partial charge in [-0.3, -0.25) is 0 Å². The van der Waals surface area contributed by atoms with Crippen LogP contribution in [0.4, 0.5) is 0 Å². The van der Waals surface area contributed by atoms with Crippen molar-refractivity contribution >= 4 is 21.8 Å². The minimum absolute atomic E-state index is 0.00625. The van der Waals surface area contributed by atoms with Crippen LogP contribution in [0.25, 0.3) is 49.7 Å². The molecule has 1 saturated carbocycles. The molecule has 1 aromatic heterocycles. The van der Waals surface area contributed by atoms with Gasteiger partial charge < -0.3 is 9.88 Å². The third kappa shape index (κ3) is 7.44. The van der Waals surface area contributed by atoms with E-state index in [2.05, 4.69) is 197 Å². The molecule has 0 atom stereocenters. The van der Waals surface area contributed by atoms with Crippen molar-refractivity contribution in [3.8, 4) is 27.9 Å². The van der Waals surface area contributed by atoms with Gasteiger partial charge in [0.05, 0.1) is 11.0 Å². The topological polar surface area (TPSA) is 17.0 Å². The molecule has 0 saturated heterocycles. The van der Waals surface area contributed by atoms with Gasteiger partial charge in [0.2, 0.25) is 0 Å². The molecule has 5 aromatic carbocycles. The largest absolute Gasteiger partial charge is 0.309 e. The van der Waals surface area contributed by atoms with E-state index in [4.69, 9.17) is 0 Å². The fourth-order valence-electron chi connectivity index (χ4n) is 8.60. The highest BCUT2D eigenvalue weighted by molar-refractivity contribution is 6.18. The second-order valence-corrected chi connectivity index (χ2v) is 20.8. The molecule has 2 heteroatoms. The molecule has 55 heavy (non-hydrogen) atoms. The van der Waals surface area contributed by atoms with Crippen molar-refractivity contribution in [1.82, 2.24) is 9.88 Å². The Morgan fingerprint density at radius 2 is 1.05 bits per heavy atom. The SMILES string of the molecule is CCC1(NCc2c(-c3cc(C(C)(C)C)cc(C(C)(C)C)c3)ccc3c2c2c(-c4ccccc4)cccc2n3-c2cc(C(C)(C)C)cc(C(C)(C)C)c2)CCC1. The van der Waals surface area contributed by atoms with Crippen LogP contribution in [-0.4, -0.2) is 10.1 Å². The number of nitrogens with zero attached hydrogens (tertiary/aromatic N) is 1. The molecule has 0 radical (unpaired) electrons. The average molecular weight is 731 g/mol. The maximum atomic E-state index is 4.21. The molecule has 288 valence electrons. The molecule has 2 nitrogen and oxygen atoms in total. The molecular weight excluding hydrogens is 665 g/mol. The van der Waals surface area contributed by atoms with E-state index < -0.39 is 0 Å². The molecule has 0 amide bonds. The second kappa shape index (κ2) is 13.8. The van der Waals surface area contributed by atoms with Crippen LogP contribution in [0.5, 0.6) is 0 Å². The zero-order chi connectivity index (χ0) is 39.7. The lowest BCUT2D eigenvalue weighted by Gasteiger charge is -2.42. The normalized spacial score (nSPS) is 15.1. The minimum atomic E-state index is 0.00625. The zero-order valence-electron chi connectivity index (χ0n) is 36.2. The van der Waals surface area contributed by atoms with Gasteiger partial charge in [0, 0.05) is 28.5 Å².